The fraction of sp³-hybridized carbons (Fsp3) is 0.353. The van der Waals surface area contributed by atoms with Crippen molar-refractivity contribution in [1.82, 2.24) is 4.90 Å². The molecule has 8 nitrogen and oxygen atoms in total. The fourth-order valence-electron chi connectivity index (χ4n) is 2.43. The molecule has 0 saturated heterocycles. The zero-order chi connectivity index (χ0) is 19.4. The highest BCUT2D eigenvalue weighted by Crippen LogP contribution is 2.30. The van der Waals surface area contributed by atoms with Gasteiger partial charge in [-0.05, 0) is 18.2 Å². The molecule has 0 atom stereocenters. The second-order valence-electron chi connectivity index (χ2n) is 5.58. The largest absolute Gasteiger partial charge is 0.466 e. The van der Waals surface area contributed by atoms with Crippen molar-refractivity contribution in [2.24, 2.45) is 0 Å². The minimum atomic E-state index is -0.718. The van der Waals surface area contributed by atoms with Crippen LogP contribution in [-0.4, -0.2) is 64.4 Å². The van der Waals surface area contributed by atoms with Gasteiger partial charge >= 0.3 is 11.9 Å². The van der Waals surface area contributed by atoms with E-state index in [0.29, 0.717) is 5.69 Å². The maximum atomic E-state index is 12.3. The molecule has 1 heterocycles. The van der Waals surface area contributed by atoms with E-state index in [0.717, 1.165) is 0 Å². The molecule has 9 heteroatoms. The van der Waals surface area contributed by atoms with Gasteiger partial charge < -0.3 is 24.0 Å². The van der Waals surface area contributed by atoms with Crippen molar-refractivity contribution >= 4 is 35.1 Å². The monoisotopic (exact) mass is 382 g/mol. The third kappa shape index (κ3) is 3.81. The summed E-state index contributed by atoms with van der Waals surface area (Å²) in [5.74, 6) is -1.72. The van der Waals surface area contributed by atoms with E-state index in [1.165, 1.54) is 36.2 Å². The number of hydrogen-bond acceptors (Lipinski definition) is 7. The molecular weight excluding hydrogens is 364 g/mol. The van der Waals surface area contributed by atoms with Gasteiger partial charge in [0.05, 0.1) is 37.0 Å². The average Bonchev–Trinajstić information content (AvgIpc) is 2.65. The van der Waals surface area contributed by atoms with Crippen LogP contribution in [0.3, 0.4) is 0 Å². The van der Waals surface area contributed by atoms with Crippen LogP contribution in [0.1, 0.15) is 10.4 Å². The lowest BCUT2D eigenvalue weighted by Crippen LogP contribution is -2.39. The highest BCUT2D eigenvalue weighted by Gasteiger charge is 2.32. The lowest BCUT2D eigenvalue weighted by atomic mass is 10.1. The maximum absolute atomic E-state index is 12.3. The van der Waals surface area contributed by atoms with Gasteiger partial charge in [-0.25, -0.2) is 9.59 Å². The van der Waals surface area contributed by atoms with Crippen molar-refractivity contribution in [3.63, 3.8) is 0 Å². The van der Waals surface area contributed by atoms with E-state index in [2.05, 4.69) is 0 Å². The number of carbonyl (C=O) groups excluding carboxylic acids is 3. The summed E-state index contributed by atoms with van der Waals surface area (Å²) < 4.78 is 14.9. The normalized spacial score (nSPS) is 14.1. The van der Waals surface area contributed by atoms with Gasteiger partial charge in [-0.3, -0.25) is 4.79 Å². The van der Waals surface area contributed by atoms with Crippen LogP contribution < -0.4 is 4.90 Å². The Labute approximate surface area is 155 Å². The third-order valence-electron chi connectivity index (χ3n) is 3.73. The van der Waals surface area contributed by atoms with Crippen molar-refractivity contribution in [1.29, 1.82) is 0 Å². The van der Waals surface area contributed by atoms with Gasteiger partial charge in [0.1, 0.15) is 12.4 Å². The quantitative estimate of drug-likeness (QED) is 0.728. The zero-order valence-electron chi connectivity index (χ0n) is 14.9. The predicted octanol–water partition coefficient (Wildman–Crippen LogP) is 1.44. The lowest BCUT2D eigenvalue weighted by molar-refractivity contribution is -0.140. The second kappa shape index (κ2) is 8.20. The van der Waals surface area contributed by atoms with Gasteiger partial charge in [-0.1, -0.05) is 11.6 Å². The Kier molecular flexibility index (Phi) is 6.23. The average molecular weight is 383 g/mol. The highest BCUT2D eigenvalue weighted by molar-refractivity contribution is 6.34. The van der Waals surface area contributed by atoms with Crippen molar-refractivity contribution in [2.75, 3.05) is 46.6 Å². The number of esters is 2. The van der Waals surface area contributed by atoms with E-state index in [4.69, 9.17) is 25.8 Å². The number of methoxy groups -OCH3 is 2. The minimum absolute atomic E-state index is 0.00354. The van der Waals surface area contributed by atoms with Crippen LogP contribution in [-0.2, 0) is 23.8 Å². The lowest BCUT2D eigenvalue weighted by Gasteiger charge is -2.31. The van der Waals surface area contributed by atoms with E-state index in [9.17, 15) is 14.4 Å². The topological polar surface area (TPSA) is 85.4 Å². The van der Waals surface area contributed by atoms with E-state index in [1.54, 1.807) is 20.2 Å². The van der Waals surface area contributed by atoms with E-state index < -0.39 is 11.9 Å². The Morgan fingerprint density at radius 3 is 2.38 bits per heavy atom. The van der Waals surface area contributed by atoms with E-state index in [-0.39, 0.29) is 41.1 Å². The fourth-order valence-corrected chi connectivity index (χ4v) is 2.63. The first kappa shape index (κ1) is 19.7. The number of carbonyl (C=O) groups is 3. The molecule has 0 aliphatic carbocycles. The van der Waals surface area contributed by atoms with Crippen molar-refractivity contribution in [3.8, 4) is 0 Å². The van der Waals surface area contributed by atoms with Crippen molar-refractivity contribution in [2.45, 2.75) is 0 Å². The first-order valence-corrected chi connectivity index (χ1v) is 7.95. The summed E-state index contributed by atoms with van der Waals surface area (Å²) in [6.07, 6.45) is 0. The summed E-state index contributed by atoms with van der Waals surface area (Å²) >= 11 is 6.13. The number of nitrogens with zero attached hydrogens (tertiary/aromatic N) is 2. The first-order valence-electron chi connectivity index (χ1n) is 7.58. The SMILES string of the molecule is COC(=O)C1=C(C(=O)OC)N(c2ccc(Cl)c(C(=O)N(C)C)c2)COC1. The molecule has 0 fully saturated rings. The maximum Gasteiger partial charge on any atom is 0.355 e. The summed E-state index contributed by atoms with van der Waals surface area (Å²) in [5, 5.41) is 0.266. The number of halogens is 1. The van der Waals surface area contributed by atoms with Gasteiger partial charge in [0.15, 0.2) is 0 Å². The van der Waals surface area contributed by atoms with Crippen molar-refractivity contribution < 1.29 is 28.6 Å². The molecule has 0 radical (unpaired) electrons. The van der Waals surface area contributed by atoms with Gasteiger partial charge in [0, 0.05) is 19.8 Å². The summed E-state index contributed by atoms with van der Waals surface area (Å²) in [6.45, 7) is -0.104. The summed E-state index contributed by atoms with van der Waals surface area (Å²) in [4.78, 5) is 39.4. The van der Waals surface area contributed by atoms with Gasteiger partial charge in [-0.15, -0.1) is 0 Å². The zero-order valence-corrected chi connectivity index (χ0v) is 15.6. The molecule has 26 heavy (non-hydrogen) atoms. The molecule has 1 amide bonds. The molecule has 1 aliphatic rings. The molecule has 1 aliphatic heterocycles. The summed E-state index contributed by atoms with van der Waals surface area (Å²) in [6, 6.07) is 4.67. The molecule has 1 aromatic rings. The Hall–Kier alpha value is -2.58. The molecule has 1 aromatic carbocycles. The summed E-state index contributed by atoms with van der Waals surface area (Å²) in [7, 11) is 5.62. The number of amides is 1. The van der Waals surface area contributed by atoms with Crippen LogP contribution >= 0.6 is 11.6 Å². The first-order chi connectivity index (χ1) is 12.3. The number of ether oxygens (including phenoxy) is 3. The molecule has 0 spiro atoms. The molecular formula is C17H19ClN2O6. The van der Waals surface area contributed by atoms with Crippen LogP contribution in [0.4, 0.5) is 5.69 Å². The number of anilines is 1. The molecule has 2 rings (SSSR count). The molecule has 0 saturated carbocycles. The van der Waals surface area contributed by atoms with E-state index >= 15 is 0 Å². The smallest absolute Gasteiger partial charge is 0.355 e. The van der Waals surface area contributed by atoms with Crippen LogP contribution in [0.2, 0.25) is 5.02 Å². The van der Waals surface area contributed by atoms with E-state index in [1.807, 2.05) is 0 Å². The molecule has 0 unspecified atom stereocenters. The van der Waals surface area contributed by atoms with Crippen molar-refractivity contribution in [3.05, 3.63) is 40.1 Å². The standard InChI is InChI=1S/C17H19ClN2O6/c1-19(2)15(21)11-7-10(5-6-13(11)18)20-9-26-8-12(16(22)24-3)14(20)17(23)25-4/h5-7H,8-9H2,1-4H3. The Morgan fingerprint density at radius 1 is 1.15 bits per heavy atom. The number of hydrogen-bond donors (Lipinski definition) is 0. The number of benzene rings is 1. The molecule has 140 valence electrons. The Balaban J connectivity index is 2.58. The van der Waals surface area contributed by atoms with Crippen LogP contribution in [0.15, 0.2) is 29.5 Å². The molecule has 0 N–H and O–H groups in total. The number of rotatable bonds is 4. The highest BCUT2D eigenvalue weighted by atomic mass is 35.5. The van der Waals surface area contributed by atoms with Crippen LogP contribution in [0.5, 0.6) is 0 Å². The van der Waals surface area contributed by atoms with Crippen LogP contribution in [0, 0.1) is 0 Å². The van der Waals surface area contributed by atoms with Crippen LogP contribution in [0.25, 0.3) is 0 Å². The van der Waals surface area contributed by atoms with Gasteiger partial charge in [0.25, 0.3) is 5.91 Å². The Bertz CT molecular complexity index is 775. The van der Waals surface area contributed by atoms with Gasteiger partial charge in [-0.2, -0.15) is 0 Å². The Morgan fingerprint density at radius 2 is 1.81 bits per heavy atom. The van der Waals surface area contributed by atoms with Gasteiger partial charge in [0.2, 0.25) is 0 Å². The second-order valence-corrected chi connectivity index (χ2v) is 5.99. The third-order valence-corrected chi connectivity index (χ3v) is 4.06. The summed E-state index contributed by atoms with van der Waals surface area (Å²) in [5.41, 5.74) is 0.724. The molecule has 0 aromatic heterocycles. The predicted molar refractivity (Wildman–Crippen MR) is 93.8 cm³/mol. The minimum Gasteiger partial charge on any atom is -0.466 e. The molecule has 0 bridgehead atoms.